The second-order valence-electron chi connectivity index (χ2n) is 4.88. The van der Waals surface area contributed by atoms with Crippen LogP contribution in [0.1, 0.15) is 35.2 Å². The zero-order chi connectivity index (χ0) is 14.4. The second kappa shape index (κ2) is 7.05. The van der Waals surface area contributed by atoms with Crippen LogP contribution in [0.15, 0.2) is 18.2 Å². The molecule has 2 rings (SSSR count). The van der Waals surface area contributed by atoms with E-state index in [2.05, 4.69) is 10.6 Å². The molecule has 1 aromatic carbocycles. The number of hydrogen-bond donors (Lipinski definition) is 2. The van der Waals surface area contributed by atoms with Gasteiger partial charge in [-0.2, -0.15) is 0 Å². The van der Waals surface area contributed by atoms with E-state index in [4.69, 9.17) is 4.74 Å². The summed E-state index contributed by atoms with van der Waals surface area (Å²) in [5.41, 5.74) is 2.49. The fraction of sp³-hybridized carbons (Fsp3) is 0.467. The molecule has 20 heavy (non-hydrogen) atoms. The summed E-state index contributed by atoms with van der Waals surface area (Å²) in [4.78, 5) is 23.5. The lowest BCUT2D eigenvalue weighted by molar-refractivity contribution is -0.116. The first-order valence-electron chi connectivity index (χ1n) is 6.90. The van der Waals surface area contributed by atoms with Crippen LogP contribution in [0.2, 0.25) is 0 Å². The van der Waals surface area contributed by atoms with E-state index in [1.807, 2.05) is 12.1 Å². The van der Waals surface area contributed by atoms with Crippen LogP contribution >= 0.6 is 0 Å². The van der Waals surface area contributed by atoms with E-state index in [1.165, 1.54) is 0 Å². The molecule has 0 radical (unpaired) electrons. The highest BCUT2D eigenvalue weighted by molar-refractivity contribution is 5.97. The van der Waals surface area contributed by atoms with Crippen molar-refractivity contribution in [3.8, 4) is 0 Å². The third-order valence-electron chi connectivity index (χ3n) is 3.30. The smallest absolute Gasteiger partial charge is 0.251 e. The van der Waals surface area contributed by atoms with Gasteiger partial charge in [-0.25, -0.2) is 0 Å². The molecule has 5 nitrogen and oxygen atoms in total. The zero-order valence-corrected chi connectivity index (χ0v) is 11.7. The fourth-order valence-corrected chi connectivity index (χ4v) is 2.24. The lowest BCUT2D eigenvalue weighted by atomic mass is 10.0. The molecule has 0 fully saturated rings. The minimum Gasteiger partial charge on any atom is -0.385 e. The van der Waals surface area contributed by atoms with Gasteiger partial charge in [0.2, 0.25) is 5.91 Å². The van der Waals surface area contributed by atoms with Crippen molar-refractivity contribution in [2.24, 2.45) is 0 Å². The Morgan fingerprint density at radius 2 is 2.25 bits per heavy atom. The van der Waals surface area contributed by atoms with E-state index < -0.39 is 0 Å². The van der Waals surface area contributed by atoms with Crippen molar-refractivity contribution in [1.29, 1.82) is 0 Å². The molecule has 0 aromatic heterocycles. The molecule has 1 aromatic rings. The van der Waals surface area contributed by atoms with Crippen LogP contribution in [-0.4, -0.2) is 32.1 Å². The maximum absolute atomic E-state index is 12.0. The van der Waals surface area contributed by atoms with Gasteiger partial charge in [-0.3, -0.25) is 9.59 Å². The molecule has 2 N–H and O–H groups in total. The van der Waals surface area contributed by atoms with Gasteiger partial charge in [0.05, 0.1) is 0 Å². The predicted molar refractivity (Wildman–Crippen MR) is 76.8 cm³/mol. The first-order valence-corrected chi connectivity index (χ1v) is 6.90. The van der Waals surface area contributed by atoms with E-state index >= 15 is 0 Å². The summed E-state index contributed by atoms with van der Waals surface area (Å²) < 4.78 is 4.94. The molecule has 0 atom stereocenters. The molecule has 0 unspecified atom stereocenters. The van der Waals surface area contributed by atoms with Crippen LogP contribution in [0.5, 0.6) is 0 Å². The molecule has 1 aliphatic rings. The Morgan fingerprint density at radius 3 is 3.05 bits per heavy atom. The predicted octanol–water partition coefficient (Wildman–Crippen LogP) is 1.73. The van der Waals surface area contributed by atoms with Crippen molar-refractivity contribution in [3.63, 3.8) is 0 Å². The molecule has 5 heteroatoms. The normalized spacial score (nSPS) is 14.2. The topological polar surface area (TPSA) is 67.4 Å². The number of carbonyl (C=O) groups is 2. The molecule has 0 aliphatic carbocycles. The first-order chi connectivity index (χ1) is 9.70. The van der Waals surface area contributed by atoms with Gasteiger partial charge in [-0.1, -0.05) is 0 Å². The summed E-state index contributed by atoms with van der Waals surface area (Å²) in [6.07, 6.45) is 2.97. The van der Waals surface area contributed by atoms with Crippen molar-refractivity contribution in [2.45, 2.75) is 25.7 Å². The van der Waals surface area contributed by atoms with E-state index in [1.54, 1.807) is 13.2 Å². The van der Waals surface area contributed by atoms with Gasteiger partial charge in [-0.05, 0) is 43.0 Å². The highest BCUT2D eigenvalue weighted by Gasteiger charge is 2.14. The van der Waals surface area contributed by atoms with Gasteiger partial charge in [0.15, 0.2) is 0 Å². The zero-order valence-electron chi connectivity index (χ0n) is 11.7. The quantitative estimate of drug-likeness (QED) is 0.805. The number of benzene rings is 1. The molecule has 1 heterocycles. The Hall–Kier alpha value is -1.88. The van der Waals surface area contributed by atoms with Gasteiger partial charge in [-0.15, -0.1) is 0 Å². The van der Waals surface area contributed by atoms with Crippen molar-refractivity contribution in [2.75, 3.05) is 25.6 Å². The van der Waals surface area contributed by atoms with E-state index in [0.717, 1.165) is 30.5 Å². The molecule has 108 valence electrons. The number of rotatable bonds is 5. The van der Waals surface area contributed by atoms with Crippen LogP contribution in [0.3, 0.4) is 0 Å². The minimum absolute atomic E-state index is 0.0421. The second-order valence-corrected chi connectivity index (χ2v) is 4.88. The number of carbonyl (C=O) groups excluding carboxylic acids is 2. The molecule has 2 amide bonds. The molecule has 0 saturated carbocycles. The van der Waals surface area contributed by atoms with Gasteiger partial charge < -0.3 is 15.4 Å². The highest BCUT2D eigenvalue weighted by Crippen LogP contribution is 2.23. The Morgan fingerprint density at radius 1 is 1.40 bits per heavy atom. The number of fused-ring (bicyclic) bond motifs is 1. The fourth-order valence-electron chi connectivity index (χ4n) is 2.24. The van der Waals surface area contributed by atoms with Crippen LogP contribution < -0.4 is 10.6 Å². The maximum Gasteiger partial charge on any atom is 0.251 e. The minimum atomic E-state index is -0.0838. The van der Waals surface area contributed by atoms with E-state index in [0.29, 0.717) is 25.1 Å². The van der Waals surface area contributed by atoms with Crippen LogP contribution in [0.4, 0.5) is 5.69 Å². The Bertz CT molecular complexity index is 500. The summed E-state index contributed by atoms with van der Waals surface area (Å²) in [5.74, 6) is -0.0417. The maximum atomic E-state index is 12.0. The number of amides is 2. The summed E-state index contributed by atoms with van der Waals surface area (Å²) in [6, 6.07) is 5.42. The van der Waals surface area contributed by atoms with Gasteiger partial charge in [0.25, 0.3) is 5.91 Å². The summed E-state index contributed by atoms with van der Waals surface area (Å²) in [7, 11) is 1.64. The number of ether oxygens (including phenoxy) is 1. The number of hydrogen-bond acceptors (Lipinski definition) is 3. The van der Waals surface area contributed by atoms with Crippen LogP contribution in [0.25, 0.3) is 0 Å². The molecular formula is C15H20N2O3. The molecule has 1 aliphatic heterocycles. The van der Waals surface area contributed by atoms with Crippen molar-refractivity contribution in [3.05, 3.63) is 29.3 Å². The molecular weight excluding hydrogens is 256 g/mol. The van der Waals surface area contributed by atoms with Gasteiger partial charge in [0, 0.05) is 37.9 Å². The summed E-state index contributed by atoms with van der Waals surface area (Å²) >= 11 is 0. The van der Waals surface area contributed by atoms with Crippen molar-refractivity contribution >= 4 is 17.5 Å². The monoisotopic (exact) mass is 276 g/mol. The SMILES string of the molecule is COCCCNC(=O)c1ccc2c(c1)CCCC(=O)N2. The number of methoxy groups -OCH3 is 1. The van der Waals surface area contributed by atoms with Crippen molar-refractivity contribution < 1.29 is 14.3 Å². The number of aryl methyl sites for hydroxylation is 1. The third kappa shape index (κ3) is 3.81. The first kappa shape index (κ1) is 14.5. The lowest BCUT2D eigenvalue weighted by Crippen LogP contribution is -2.25. The number of nitrogens with one attached hydrogen (secondary N) is 2. The molecule has 0 spiro atoms. The molecule has 0 bridgehead atoms. The molecule has 0 saturated heterocycles. The standard InChI is InChI=1S/C15H20N2O3/c1-20-9-3-8-16-15(19)12-6-7-13-11(10-12)4-2-5-14(18)17-13/h6-7,10H,2-5,8-9H2,1H3,(H,16,19)(H,17,18). The Kier molecular flexibility index (Phi) is 5.12. The van der Waals surface area contributed by atoms with Crippen LogP contribution in [-0.2, 0) is 16.0 Å². The Labute approximate surface area is 118 Å². The van der Waals surface area contributed by atoms with Crippen molar-refractivity contribution in [1.82, 2.24) is 5.32 Å². The number of anilines is 1. The van der Waals surface area contributed by atoms with Crippen LogP contribution in [0, 0.1) is 0 Å². The van der Waals surface area contributed by atoms with Gasteiger partial charge >= 0.3 is 0 Å². The summed E-state index contributed by atoms with van der Waals surface area (Å²) in [6.45, 7) is 1.23. The largest absolute Gasteiger partial charge is 0.385 e. The van der Waals surface area contributed by atoms with E-state index in [9.17, 15) is 9.59 Å². The average molecular weight is 276 g/mol. The Balaban J connectivity index is 2.01. The average Bonchev–Trinajstić information content (AvgIpc) is 2.63. The van der Waals surface area contributed by atoms with Gasteiger partial charge in [0.1, 0.15) is 0 Å². The highest BCUT2D eigenvalue weighted by atomic mass is 16.5. The van der Waals surface area contributed by atoms with E-state index in [-0.39, 0.29) is 11.8 Å². The summed E-state index contributed by atoms with van der Waals surface area (Å²) in [5, 5.41) is 5.72. The third-order valence-corrected chi connectivity index (χ3v) is 3.30. The lowest BCUT2D eigenvalue weighted by Gasteiger charge is -2.10.